The number of para-hydroxylation sites is 2. The van der Waals surface area contributed by atoms with E-state index in [4.69, 9.17) is 9.15 Å². The number of nitrogens with one attached hydrogen (secondary N) is 2. The molecule has 0 spiro atoms. The summed E-state index contributed by atoms with van der Waals surface area (Å²) in [6.45, 7) is 3.25. The maximum atomic E-state index is 13.4. The van der Waals surface area contributed by atoms with Crippen LogP contribution < -0.4 is 10.6 Å². The molecule has 1 fully saturated rings. The predicted molar refractivity (Wildman–Crippen MR) is 149 cm³/mol. The van der Waals surface area contributed by atoms with Crippen LogP contribution in [0.25, 0.3) is 11.1 Å². The Hall–Kier alpha value is -4.06. The van der Waals surface area contributed by atoms with Crippen molar-refractivity contribution in [3.8, 4) is 0 Å². The zero-order valence-corrected chi connectivity index (χ0v) is 23.1. The van der Waals surface area contributed by atoms with Gasteiger partial charge in [-0.05, 0) is 51.2 Å². The first-order valence-corrected chi connectivity index (χ1v) is 14.9. The van der Waals surface area contributed by atoms with Crippen LogP contribution in [0.2, 0.25) is 0 Å². The van der Waals surface area contributed by atoms with Gasteiger partial charge in [0.05, 0.1) is 24.2 Å². The van der Waals surface area contributed by atoms with Gasteiger partial charge in [-0.25, -0.2) is 18.2 Å². The molecule has 0 saturated heterocycles. The molecule has 0 bridgehead atoms. The van der Waals surface area contributed by atoms with Crippen LogP contribution in [0.4, 0.5) is 4.79 Å². The number of aromatic nitrogens is 1. The second kappa shape index (κ2) is 12.9. The van der Waals surface area contributed by atoms with Crippen LogP contribution in [0.5, 0.6) is 0 Å². The molecule has 2 aromatic carbocycles. The molecule has 4 rings (SSSR count). The van der Waals surface area contributed by atoms with Crippen LogP contribution in [0.15, 0.2) is 64.0 Å². The van der Waals surface area contributed by atoms with Gasteiger partial charge in [0, 0.05) is 5.56 Å². The zero-order chi connectivity index (χ0) is 28.7. The normalized spacial score (nSPS) is 15.3. The number of hydrogen-bond acceptors (Lipinski definition) is 9. The lowest BCUT2D eigenvalue weighted by molar-refractivity contribution is -0.122. The minimum atomic E-state index is -3.43. The molecule has 0 aliphatic heterocycles. The van der Waals surface area contributed by atoms with Crippen molar-refractivity contribution in [1.82, 2.24) is 15.6 Å². The number of amides is 2. The molecule has 1 aliphatic carbocycles. The van der Waals surface area contributed by atoms with Gasteiger partial charge in [-0.3, -0.25) is 19.9 Å². The summed E-state index contributed by atoms with van der Waals surface area (Å²) >= 11 is 0. The summed E-state index contributed by atoms with van der Waals surface area (Å²) in [5.74, 6) is -1.42. The average Bonchev–Trinajstić information content (AvgIpc) is 3.62. The van der Waals surface area contributed by atoms with Gasteiger partial charge in [0.25, 0.3) is 5.89 Å². The monoisotopic (exact) mass is 568 g/mol. The first-order chi connectivity index (χ1) is 19.1. The summed E-state index contributed by atoms with van der Waals surface area (Å²) in [5, 5.41) is 5.16. The van der Waals surface area contributed by atoms with Crippen molar-refractivity contribution in [1.29, 1.82) is 0 Å². The third kappa shape index (κ3) is 7.98. The third-order valence-corrected chi connectivity index (χ3v) is 8.11. The van der Waals surface area contributed by atoms with E-state index in [1.165, 1.54) is 6.92 Å². The van der Waals surface area contributed by atoms with Crippen molar-refractivity contribution in [2.75, 3.05) is 18.1 Å². The van der Waals surface area contributed by atoms with E-state index in [1.54, 1.807) is 61.5 Å². The summed E-state index contributed by atoms with van der Waals surface area (Å²) in [4.78, 5) is 47.3. The molecule has 0 radical (unpaired) electrons. The lowest BCUT2D eigenvalue weighted by atomic mass is 10.1. The summed E-state index contributed by atoms with van der Waals surface area (Å²) in [6.07, 6.45) is 0.826. The van der Waals surface area contributed by atoms with E-state index in [2.05, 4.69) is 20.6 Å². The van der Waals surface area contributed by atoms with Gasteiger partial charge in [0.1, 0.15) is 17.4 Å². The van der Waals surface area contributed by atoms with Gasteiger partial charge in [-0.1, -0.05) is 42.5 Å². The SMILES string of the molecule is CCOC(=O)NC(=N[C@@H](CCS(=O)(=O)CC1CC1)C(=O)N[C@@H](C)C(=O)c1nc2ccccc2o1)c1ccccc1. The van der Waals surface area contributed by atoms with Crippen LogP contribution in [-0.4, -0.2) is 67.2 Å². The molecule has 1 heterocycles. The molecule has 1 aromatic heterocycles. The Morgan fingerprint density at radius 1 is 1.10 bits per heavy atom. The van der Waals surface area contributed by atoms with Crippen molar-refractivity contribution in [2.45, 2.75) is 45.2 Å². The molecule has 1 aliphatic rings. The van der Waals surface area contributed by atoms with E-state index in [-0.39, 0.29) is 42.2 Å². The summed E-state index contributed by atoms with van der Waals surface area (Å²) in [6, 6.07) is 13.2. The Morgan fingerprint density at radius 3 is 2.48 bits per heavy atom. The van der Waals surface area contributed by atoms with Crippen molar-refractivity contribution in [3.63, 3.8) is 0 Å². The first-order valence-electron chi connectivity index (χ1n) is 13.1. The summed E-state index contributed by atoms with van der Waals surface area (Å²) < 4.78 is 35.9. The molecule has 2 amide bonds. The topological polar surface area (TPSA) is 157 Å². The minimum absolute atomic E-state index is 0.0386. The van der Waals surface area contributed by atoms with Crippen LogP contribution in [0.1, 0.15) is 49.4 Å². The number of carbonyl (C=O) groups excluding carboxylic acids is 3. The molecule has 212 valence electrons. The molecule has 1 saturated carbocycles. The maximum Gasteiger partial charge on any atom is 0.412 e. The Labute approximate surface area is 232 Å². The van der Waals surface area contributed by atoms with E-state index >= 15 is 0 Å². The fourth-order valence-corrected chi connectivity index (χ4v) is 5.81. The van der Waals surface area contributed by atoms with Crippen LogP contribution in [0.3, 0.4) is 0 Å². The van der Waals surface area contributed by atoms with E-state index in [1.807, 2.05) is 0 Å². The second-order valence-corrected chi connectivity index (χ2v) is 11.9. The Balaban J connectivity index is 1.57. The van der Waals surface area contributed by atoms with Crippen LogP contribution in [0, 0.1) is 5.92 Å². The number of benzene rings is 2. The number of amidine groups is 1. The Kier molecular flexibility index (Phi) is 9.30. The van der Waals surface area contributed by atoms with Gasteiger partial charge in [0.15, 0.2) is 15.4 Å². The number of alkyl carbamates (subject to hydrolysis) is 1. The minimum Gasteiger partial charge on any atom is -0.450 e. The van der Waals surface area contributed by atoms with E-state index < -0.39 is 39.7 Å². The standard InChI is InChI=1S/C28H32N4O7S/c1-3-38-28(35)32-25(20-9-5-4-6-10-20)30-22(15-16-40(36,37)17-19-13-14-19)26(34)29-18(2)24(33)27-31-21-11-7-8-12-23(21)39-27/h4-12,18-19,22H,3,13-17H2,1-2H3,(H,29,34)(H,30,32,35)/t18-,22-/m0/s1. The number of nitrogens with zero attached hydrogens (tertiary/aromatic N) is 2. The average molecular weight is 569 g/mol. The lowest BCUT2D eigenvalue weighted by Crippen LogP contribution is -2.45. The molecular weight excluding hydrogens is 536 g/mol. The van der Waals surface area contributed by atoms with Gasteiger partial charge in [-0.15, -0.1) is 0 Å². The quantitative estimate of drug-likeness (QED) is 0.191. The number of hydrogen-bond donors (Lipinski definition) is 2. The predicted octanol–water partition coefficient (Wildman–Crippen LogP) is 3.29. The molecule has 0 unspecified atom stereocenters. The van der Waals surface area contributed by atoms with Gasteiger partial charge < -0.3 is 14.5 Å². The van der Waals surface area contributed by atoms with E-state index in [0.29, 0.717) is 16.7 Å². The van der Waals surface area contributed by atoms with Gasteiger partial charge in [-0.2, -0.15) is 0 Å². The zero-order valence-electron chi connectivity index (χ0n) is 22.3. The maximum absolute atomic E-state index is 13.4. The fourth-order valence-electron chi connectivity index (χ4n) is 4.01. The van der Waals surface area contributed by atoms with Crippen molar-refractivity contribution in [2.24, 2.45) is 10.9 Å². The number of fused-ring (bicyclic) bond motifs is 1. The number of rotatable bonds is 12. The number of Topliss-reactive ketones (excluding diaryl/α,β-unsaturated/α-hetero) is 1. The number of aliphatic imine (C=N–C) groups is 1. The molecule has 11 nitrogen and oxygen atoms in total. The molecule has 12 heteroatoms. The lowest BCUT2D eigenvalue weighted by Gasteiger charge is -2.18. The molecule has 2 N–H and O–H groups in total. The smallest absolute Gasteiger partial charge is 0.412 e. The van der Waals surface area contributed by atoms with E-state index in [0.717, 1.165) is 12.8 Å². The fraction of sp³-hybridized carbons (Fsp3) is 0.393. The van der Waals surface area contributed by atoms with E-state index in [9.17, 15) is 22.8 Å². The largest absolute Gasteiger partial charge is 0.450 e. The Morgan fingerprint density at radius 2 is 1.80 bits per heavy atom. The molecule has 2 atom stereocenters. The number of oxazole rings is 1. The summed E-state index contributed by atoms with van der Waals surface area (Å²) in [5.41, 5.74) is 1.43. The van der Waals surface area contributed by atoms with Crippen LogP contribution in [-0.2, 0) is 19.4 Å². The highest BCUT2D eigenvalue weighted by molar-refractivity contribution is 7.91. The molecular formula is C28H32N4O7S. The Bertz CT molecular complexity index is 1460. The second-order valence-electron chi connectivity index (χ2n) is 9.63. The molecule has 3 aromatic rings. The highest BCUT2D eigenvalue weighted by Crippen LogP contribution is 2.30. The molecule has 40 heavy (non-hydrogen) atoms. The number of carbonyl (C=O) groups is 3. The van der Waals surface area contributed by atoms with Gasteiger partial charge in [0.2, 0.25) is 11.7 Å². The van der Waals surface area contributed by atoms with Crippen molar-refractivity contribution >= 4 is 44.6 Å². The highest BCUT2D eigenvalue weighted by Gasteiger charge is 2.31. The van der Waals surface area contributed by atoms with Crippen LogP contribution >= 0.6 is 0 Å². The van der Waals surface area contributed by atoms with Crippen molar-refractivity contribution < 1.29 is 32.0 Å². The van der Waals surface area contributed by atoms with Gasteiger partial charge >= 0.3 is 6.09 Å². The number of sulfone groups is 1. The number of ether oxygens (including phenoxy) is 1. The third-order valence-electron chi connectivity index (χ3n) is 6.28. The van der Waals surface area contributed by atoms with Crippen molar-refractivity contribution in [3.05, 3.63) is 66.1 Å². The highest BCUT2D eigenvalue weighted by atomic mass is 32.2. The number of ketones is 1. The first kappa shape index (κ1) is 28.9. The summed E-state index contributed by atoms with van der Waals surface area (Å²) in [7, 11) is -3.43.